The lowest BCUT2D eigenvalue weighted by Gasteiger charge is -2.06. The summed E-state index contributed by atoms with van der Waals surface area (Å²) in [7, 11) is 0. The van der Waals surface area contributed by atoms with Crippen LogP contribution in [0.1, 0.15) is 37.8 Å². The van der Waals surface area contributed by atoms with Gasteiger partial charge in [-0.15, -0.1) is 13.2 Å². The van der Waals surface area contributed by atoms with E-state index < -0.39 is 0 Å². The molecule has 1 aromatic rings. The SMILES string of the molecule is C/C=C\C(=CCC)c1ccccc1C.C1=CC=CCC=C1.C=C. The first kappa shape index (κ1) is 20.7. The molecule has 0 saturated carbocycles. The van der Waals surface area contributed by atoms with Gasteiger partial charge in [0.25, 0.3) is 0 Å². The standard InChI is InChI=1S/C14H18.C7H8.C2H4/c1-4-8-13(9-5-2)14-11-7-6-10-12(14)3;1-2-4-6-7-5-3-1;1-2/h4,6-11H,5H2,1-3H3;1-6H,7H2;1-2H2/b8-4-,13-9?;;. The van der Waals surface area contributed by atoms with E-state index in [2.05, 4.69) is 101 Å². The van der Waals surface area contributed by atoms with Crippen molar-refractivity contribution in [1.29, 1.82) is 0 Å². The molecule has 0 heterocycles. The Labute approximate surface area is 143 Å². The van der Waals surface area contributed by atoms with Crippen LogP contribution in [-0.4, -0.2) is 0 Å². The average molecular weight is 306 g/mol. The average Bonchev–Trinajstić information content (AvgIpc) is 2.90. The van der Waals surface area contributed by atoms with E-state index in [1.807, 2.05) is 12.2 Å². The monoisotopic (exact) mass is 306 g/mol. The Bertz CT molecular complexity index is 551. The molecule has 0 fully saturated rings. The molecule has 0 unspecified atom stereocenters. The van der Waals surface area contributed by atoms with Gasteiger partial charge >= 0.3 is 0 Å². The third kappa shape index (κ3) is 9.31. The van der Waals surface area contributed by atoms with Crippen LogP contribution in [0.15, 0.2) is 92.1 Å². The van der Waals surface area contributed by atoms with Gasteiger partial charge in [-0.05, 0) is 43.4 Å². The molecule has 23 heavy (non-hydrogen) atoms. The summed E-state index contributed by atoms with van der Waals surface area (Å²) in [6.45, 7) is 12.4. The highest BCUT2D eigenvalue weighted by Crippen LogP contribution is 2.20. The molecule has 0 aromatic heterocycles. The van der Waals surface area contributed by atoms with E-state index in [0.29, 0.717) is 0 Å². The topological polar surface area (TPSA) is 0 Å². The first-order valence-corrected chi connectivity index (χ1v) is 8.16. The maximum Gasteiger partial charge on any atom is -0.0158 e. The third-order valence-corrected chi connectivity index (χ3v) is 3.10. The highest BCUT2D eigenvalue weighted by atomic mass is 14.0. The van der Waals surface area contributed by atoms with Gasteiger partial charge in [-0.25, -0.2) is 0 Å². The molecule has 0 radical (unpaired) electrons. The van der Waals surface area contributed by atoms with Gasteiger partial charge < -0.3 is 0 Å². The summed E-state index contributed by atoms with van der Waals surface area (Å²) in [6.07, 6.45) is 21.1. The van der Waals surface area contributed by atoms with Gasteiger partial charge in [0.2, 0.25) is 0 Å². The van der Waals surface area contributed by atoms with Crippen LogP contribution in [0, 0.1) is 6.92 Å². The van der Waals surface area contributed by atoms with Crippen LogP contribution in [0.25, 0.3) is 5.57 Å². The van der Waals surface area contributed by atoms with E-state index in [-0.39, 0.29) is 0 Å². The predicted molar refractivity (Wildman–Crippen MR) is 108 cm³/mol. The van der Waals surface area contributed by atoms with E-state index in [4.69, 9.17) is 0 Å². The maximum absolute atomic E-state index is 3.00. The number of benzene rings is 1. The van der Waals surface area contributed by atoms with Crippen molar-refractivity contribution in [2.75, 3.05) is 0 Å². The first-order chi connectivity index (χ1) is 11.3. The zero-order chi connectivity index (χ0) is 17.3. The van der Waals surface area contributed by atoms with Gasteiger partial charge in [-0.3, -0.25) is 0 Å². The van der Waals surface area contributed by atoms with Crippen molar-refractivity contribution in [3.63, 3.8) is 0 Å². The minimum absolute atomic E-state index is 1.08. The molecule has 0 saturated heterocycles. The Morgan fingerprint density at radius 2 is 1.65 bits per heavy atom. The molecule has 0 bridgehead atoms. The second-order valence-electron chi connectivity index (χ2n) is 4.86. The normalized spacial score (nSPS) is 12.9. The molecule has 2 rings (SSSR count). The van der Waals surface area contributed by atoms with Crippen molar-refractivity contribution in [3.8, 4) is 0 Å². The highest BCUT2D eigenvalue weighted by molar-refractivity contribution is 5.75. The lowest BCUT2D eigenvalue weighted by molar-refractivity contribution is 1.22. The Hall–Kier alpha value is -2.34. The lowest BCUT2D eigenvalue weighted by atomic mass is 9.99. The maximum atomic E-state index is 3.00. The van der Waals surface area contributed by atoms with Gasteiger partial charge in [-0.1, -0.05) is 85.9 Å². The van der Waals surface area contributed by atoms with Gasteiger partial charge in [0.15, 0.2) is 0 Å². The number of hydrogen-bond acceptors (Lipinski definition) is 0. The summed E-state index contributed by atoms with van der Waals surface area (Å²) in [5, 5.41) is 0. The van der Waals surface area contributed by atoms with Crippen molar-refractivity contribution in [3.05, 3.63) is 103 Å². The first-order valence-electron chi connectivity index (χ1n) is 8.16. The summed E-state index contributed by atoms with van der Waals surface area (Å²) in [5.41, 5.74) is 4.01. The molecule has 0 heteroatoms. The van der Waals surface area contributed by atoms with Crippen LogP contribution >= 0.6 is 0 Å². The molecule has 0 amide bonds. The van der Waals surface area contributed by atoms with E-state index >= 15 is 0 Å². The summed E-state index contributed by atoms with van der Waals surface area (Å²) in [5.74, 6) is 0. The fourth-order valence-electron chi connectivity index (χ4n) is 2.09. The van der Waals surface area contributed by atoms with Crippen molar-refractivity contribution < 1.29 is 0 Å². The van der Waals surface area contributed by atoms with Gasteiger partial charge in [0.1, 0.15) is 0 Å². The lowest BCUT2D eigenvalue weighted by Crippen LogP contribution is -1.85. The zero-order valence-corrected chi connectivity index (χ0v) is 14.8. The Kier molecular flexibility index (Phi) is 13.1. The second kappa shape index (κ2) is 14.6. The third-order valence-electron chi connectivity index (χ3n) is 3.10. The van der Waals surface area contributed by atoms with Gasteiger partial charge in [0.05, 0.1) is 0 Å². The fraction of sp³-hybridized carbons (Fsp3) is 0.217. The number of allylic oxidation sites excluding steroid dienone is 10. The van der Waals surface area contributed by atoms with E-state index in [1.165, 1.54) is 16.7 Å². The summed E-state index contributed by atoms with van der Waals surface area (Å²) in [4.78, 5) is 0. The highest BCUT2D eigenvalue weighted by Gasteiger charge is 1.99. The molecular weight excluding hydrogens is 276 g/mol. The summed E-state index contributed by atoms with van der Waals surface area (Å²) < 4.78 is 0. The molecule has 0 N–H and O–H groups in total. The predicted octanol–water partition coefficient (Wildman–Crippen LogP) is 7.23. The molecule has 0 aliphatic heterocycles. The molecule has 1 aromatic carbocycles. The molecule has 1 aliphatic rings. The molecule has 0 nitrogen and oxygen atoms in total. The van der Waals surface area contributed by atoms with Gasteiger partial charge in [-0.2, -0.15) is 0 Å². The Morgan fingerprint density at radius 3 is 2.17 bits per heavy atom. The molecule has 1 aliphatic carbocycles. The number of rotatable bonds is 3. The van der Waals surface area contributed by atoms with E-state index in [9.17, 15) is 0 Å². The van der Waals surface area contributed by atoms with Crippen LogP contribution in [0.3, 0.4) is 0 Å². The van der Waals surface area contributed by atoms with Crippen LogP contribution in [0.2, 0.25) is 0 Å². The molecule has 0 spiro atoms. The van der Waals surface area contributed by atoms with E-state index in [1.54, 1.807) is 0 Å². The molecule has 0 atom stereocenters. The number of hydrogen-bond donors (Lipinski definition) is 0. The minimum atomic E-state index is 1.08. The van der Waals surface area contributed by atoms with Crippen molar-refractivity contribution in [1.82, 2.24) is 0 Å². The zero-order valence-electron chi connectivity index (χ0n) is 14.8. The van der Waals surface area contributed by atoms with Crippen LogP contribution in [0.5, 0.6) is 0 Å². The largest absolute Gasteiger partial charge is 0.106 e. The molecule has 122 valence electrons. The fourth-order valence-corrected chi connectivity index (χ4v) is 2.09. The minimum Gasteiger partial charge on any atom is -0.106 e. The van der Waals surface area contributed by atoms with Crippen LogP contribution in [-0.2, 0) is 0 Å². The second-order valence-corrected chi connectivity index (χ2v) is 4.86. The Morgan fingerprint density at radius 1 is 1.04 bits per heavy atom. The van der Waals surface area contributed by atoms with E-state index in [0.717, 1.165) is 12.8 Å². The number of aryl methyl sites for hydroxylation is 1. The van der Waals surface area contributed by atoms with Crippen molar-refractivity contribution in [2.45, 2.75) is 33.6 Å². The molecular formula is C23H30. The van der Waals surface area contributed by atoms with Crippen molar-refractivity contribution in [2.24, 2.45) is 0 Å². The Balaban J connectivity index is 0.000000449. The van der Waals surface area contributed by atoms with Crippen LogP contribution < -0.4 is 0 Å². The van der Waals surface area contributed by atoms with Gasteiger partial charge in [0, 0.05) is 0 Å². The van der Waals surface area contributed by atoms with Crippen molar-refractivity contribution >= 4 is 5.57 Å². The summed E-state index contributed by atoms with van der Waals surface area (Å²) >= 11 is 0. The quantitative estimate of drug-likeness (QED) is 0.408. The smallest absolute Gasteiger partial charge is 0.0158 e. The van der Waals surface area contributed by atoms with Crippen LogP contribution in [0.4, 0.5) is 0 Å². The summed E-state index contributed by atoms with van der Waals surface area (Å²) in [6, 6.07) is 8.51.